The van der Waals surface area contributed by atoms with Crippen molar-refractivity contribution < 1.29 is 19.2 Å². The average Bonchev–Trinajstić information content (AvgIpc) is 2.89. The van der Waals surface area contributed by atoms with Gasteiger partial charge in [0, 0.05) is 13.0 Å². The molecule has 2 fully saturated rings. The number of benzene rings is 1. The lowest BCUT2D eigenvalue weighted by Crippen LogP contribution is -2.55. The maximum absolute atomic E-state index is 12.6. The molecule has 25 heavy (non-hydrogen) atoms. The molecule has 0 aliphatic carbocycles. The number of piperidine rings is 1. The summed E-state index contributed by atoms with van der Waals surface area (Å²) in [6, 6.07) is 8.40. The molecule has 1 aromatic carbocycles. The van der Waals surface area contributed by atoms with Crippen LogP contribution in [0.5, 0.6) is 0 Å². The van der Waals surface area contributed by atoms with Gasteiger partial charge in [-0.1, -0.05) is 37.3 Å². The van der Waals surface area contributed by atoms with E-state index >= 15 is 0 Å². The number of fused-ring (bicyclic) bond motifs is 2. The molecule has 8 heteroatoms. The summed E-state index contributed by atoms with van der Waals surface area (Å²) in [5.74, 6) is 4.60. The van der Waals surface area contributed by atoms with E-state index in [0.717, 1.165) is 5.56 Å². The van der Waals surface area contributed by atoms with Crippen LogP contribution >= 0.6 is 0 Å². The van der Waals surface area contributed by atoms with Crippen molar-refractivity contribution in [2.45, 2.75) is 44.9 Å². The standard InChI is InChI=1S/C17H22N4O4/c1-2-15(22)20(18)16(23)14-9-8-13-10-19(14)17(24)21(13)25-11-12-6-4-3-5-7-12/h3-7,13-14H,2,8-11,18H2,1H3/t13-,14+/m1/s1. The number of nitrogens with zero attached hydrogens (tertiary/aromatic N) is 3. The first-order valence-electron chi connectivity index (χ1n) is 8.41. The largest absolute Gasteiger partial charge is 0.345 e. The molecular formula is C17H22N4O4. The zero-order chi connectivity index (χ0) is 18.0. The third-order valence-electron chi connectivity index (χ3n) is 4.63. The van der Waals surface area contributed by atoms with E-state index in [1.54, 1.807) is 6.92 Å². The van der Waals surface area contributed by atoms with Crippen molar-refractivity contribution in [2.24, 2.45) is 5.84 Å². The van der Waals surface area contributed by atoms with Crippen LogP contribution in [-0.4, -0.2) is 51.4 Å². The van der Waals surface area contributed by atoms with E-state index in [-0.39, 0.29) is 25.1 Å². The second kappa shape index (κ2) is 7.20. The maximum atomic E-state index is 12.6. The van der Waals surface area contributed by atoms with Crippen molar-refractivity contribution in [2.75, 3.05) is 6.54 Å². The summed E-state index contributed by atoms with van der Waals surface area (Å²) in [6.07, 6.45) is 1.23. The van der Waals surface area contributed by atoms with E-state index in [9.17, 15) is 14.4 Å². The lowest BCUT2D eigenvalue weighted by Gasteiger charge is -2.31. The van der Waals surface area contributed by atoms with Crippen LogP contribution < -0.4 is 5.84 Å². The zero-order valence-corrected chi connectivity index (χ0v) is 14.1. The van der Waals surface area contributed by atoms with Gasteiger partial charge >= 0.3 is 6.03 Å². The van der Waals surface area contributed by atoms with Crippen molar-refractivity contribution in [3.05, 3.63) is 35.9 Å². The topological polar surface area (TPSA) is 96.2 Å². The fourth-order valence-corrected chi connectivity index (χ4v) is 3.23. The molecule has 1 aromatic rings. The van der Waals surface area contributed by atoms with Crippen molar-refractivity contribution in [3.8, 4) is 0 Å². The third kappa shape index (κ3) is 3.35. The first kappa shape index (κ1) is 17.4. The smallest absolute Gasteiger partial charge is 0.309 e. The van der Waals surface area contributed by atoms with Crippen LogP contribution in [0.3, 0.4) is 0 Å². The summed E-state index contributed by atoms with van der Waals surface area (Å²) in [6.45, 7) is 2.32. The molecule has 2 aliphatic rings. The predicted molar refractivity (Wildman–Crippen MR) is 88.3 cm³/mol. The Morgan fingerprint density at radius 2 is 2.00 bits per heavy atom. The van der Waals surface area contributed by atoms with Gasteiger partial charge in [-0.25, -0.2) is 15.6 Å². The molecule has 0 spiro atoms. The normalized spacial score (nSPS) is 22.2. The van der Waals surface area contributed by atoms with E-state index < -0.39 is 17.9 Å². The van der Waals surface area contributed by atoms with Gasteiger partial charge in [0.15, 0.2) is 0 Å². The molecule has 0 unspecified atom stereocenters. The van der Waals surface area contributed by atoms with Gasteiger partial charge in [-0.15, -0.1) is 0 Å². The Kier molecular flexibility index (Phi) is 5.00. The SMILES string of the molecule is CCC(=O)N(N)C(=O)[C@@H]1CC[C@@H]2CN1C(=O)N2OCc1ccccc1. The number of hydrogen-bond donors (Lipinski definition) is 1. The summed E-state index contributed by atoms with van der Waals surface area (Å²) in [7, 11) is 0. The first-order chi connectivity index (χ1) is 12.0. The van der Waals surface area contributed by atoms with Gasteiger partial charge in [-0.2, -0.15) is 5.06 Å². The van der Waals surface area contributed by atoms with Crippen molar-refractivity contribution in [1.29, 1.82) is 0 Å². The van der Waals surface area contributed by atoms with Crippen LogP contribution in [0.4, 0.5) is 4.79 Å². The fraction of sp³-hybridized carbons (Fsp3) is 0.471. The van der Waals surface area contributed by atoms with Gasteiger partial charge in [0.05, 0.1) is 6.04 Å². The van der Waals surface area contributed by atoms with Gasteiger partial charge in [0.1, 0.15) is 12.6 Å². The molecule has 0 saturated carbocycles. The Morgan fingerprint density at radius 1 is 1.28 bits per heavy atom. The Balaban J connectivity index is 1.66. The van der Waals surface area contributed by atoms with Gasteiger partial charge in [0.2, 0.25) is 5.91 Å². The van der Waals surface area contributed by atoms with Crippen LogP contribution in [0.25, 0.3) is 0 Å². The summed E-state index contributed by atoms with van der Waals surface area (Å²) in [4.78, 5) is 43.8. The van der Waals surface area contributed by atoms with Gasteiger partial charge in [-0.05, 0) is 18.4 Å². The van der Waals surface area contributed by atoms with Gasteiger partial charge in [-0.3, -0.25) is 14.4 Å². The summed E-state index contributed by atoms with van der Waals surface area (Å²) < 4.78 is 0. The number of hydrogen-bond acceptors (Lipinski definition) is 5. The predicted octanol–water partition coefficient (Wildman–Crippen LogP) is 1.03. The number of nitrogens with two attached hydrogens (primary N) is 1. The van der Waals surface area contributed by atoms with Crippen LogP contribution in [0.15, 0.2) is 30.3 Å². The van der Waals surface area contributed by atoms with E-state index in [1.807, 2.05) is 30.3 Å². The molecule has 8 nitrogen and oxygen atoms in total. The Labute approximate surface area is 146 Å². The molecule has 0 radical (unpaired) electrons. The number of urea groups is 1. The molecule has 2 atom stereocenters. The molecule has 2 saturated heterocycles. The monoisotopic (exact) mass is 346 g/mol. The highest BCUT2D eigenvalue weighted by atomic mass is 16.7. The summed E-state index contributed by atoms with van der Waals surface area (Å²) in [5.41, 5.74) is 0.959. The lowest BCUT2D eigenvalue weighted by molar-refractivity contribution is -0.148. The van der Waals surface area contributed by atoms with Crippen LogP contribution in [0.2, 0.25) is 0 Å². The minimum absolute atomic E-state index is 0.0895. The first-order valence-corrected chi connectivity index (χ1v) is 8.41. The minimum atomic E-state index is -0.713. The molecule has 3 rings (SSSR count). The van der Waals surface area contributed by atoms with E-state index in [2.05, 4.69) is 0 Å². The van der Waals surface area contributed by atoms with Crippen LogP contribution in [0.1, 0.15) is 31.7 Å². The fourth-order valence-electron chi connectivity index (χ4n) is 3.23. The zero-order valence-electron chi connectivity index (χ0n) is 14.1. The number of hydroxylamine groups is 2. The molecule has 2 bridgehead atoms. The highest BCUT2D eigenvalue weighted by Crippen LogP contribution is 2.31. The molecular weight excluding hydrogens is 324 g/mol. The number of imide groups is 1. The van der Waals surface area contributed by atoms with Crippen LogP contribution in [-0.2, 0) is 21.0 Å². The number of hydrazine groups is 1. The van der Waals surface area contributed by atoms with Crippen LogP contribution in [0, 0.1) is 0 Å². The number of rotatable bonds is 5. The van der Waals surface area contributed by atoms with Gasteiger partial charge < -0.3 is 4.90 Å². The van der Waals surface area contributed by atoms with E-state index in [1.165, 1.54) is 9.96 Å². The number of carbonyl (C=O) groups is 3. The number of carbonyl (C=O) groups excluding carboxylic acids is 3. The highest BCUT2D eigenvalue weighted by Gasteiger charge is 2.49. The Hall–Kier alpha value is -2.45. The molecule has 2 aliphatic heterocycles. The lowest BCUT2D eigenvalue weighted by atomic mass is 10.00. The third-order valence-corrected chi connectivity index (χ3v) is 4.63. The minimum Gasteiger partial charge on any atom is -0.309 e. The van der Waals surface area contributed by atoms with E-state index in [4.69, 9.17) is 10.7 Å². The molecule has 2 N–H and O–H groups in total. The molecule has 2 heterocycles. The quantitative estimate of drug-likeness (QED) is 0.488. The van der Waals surface area contributed by atoms with Crippen molar-refractivity contribution in [1.82, 2.24) is 15.0 Å². The molecule has 134 valence electrons. The highest BCUT2D eigenvalue weighted by molar-refractivity contribution is 5.98. The maximum Gasteiger partial charge on any atom is 0.345 e. The Morgan fingerprint density at radius 3 is 2.68 bits per heavy atom. The van der Waals surface area contributed by atoms with Crippen molar-refractivity contribution in [3.63, 3.8) is 0 Å². The summed E-state index contributed by atoms with van der Waals surface area (Å²) >= 11 is 0. The van der Waals surface area contributed by atoms with Gasteiger partial charge in [0.25, 0.3) is 5.91 Å². The second-order valence-corrected chi connectivity index (χ2v) is 6.22. The van der Waals surface area contributed by atoms with Crippen molar-refractivity contribution >= 4 is 17.8 Å². The molecule has 0 aromatic heterocycles. The second-order valence-electron chi connectivity index (χ2n) is 6.22. The Bertz CT molecular complexity index is 666. The summed E-state index contributed by atoms with van der Waals surface area (Å²) in [5, 5.41) is 1.98. The molecule has 4 amide bonds. The number of amides is 4. The van der Waals surface area contributed by atoms with E-state index in [0.29, 0.717) is 24.4 Å². The average molecular weight is 346 g/mol.